The minimum absolute atomic E-state index is 0.448. The fourth-order valence-electron chi connectivity index (χ4n) is 4.57. The summed E-state index contributed by atoms with van der Waals surface area (Å²) in [7, 11) is 0. The molecule has 1 saturated heterocycles. The number of hydrogen-bond donors (Lipinski definition) is 1. The Balaban J connectivity index is 2.08. The molecule has 124 valence electrons. The van der Waals surface area contributed by atoms with Gasteiger partial charge in [-0.2, -0.15) is 0 Å². The number of rotatable bonds is 5. The lowest BCUT2D eigenvalue weighted by Gasteiger charge is -2.47. The summed E-state index contributed by atoms with van der Waals surface area (Å²) in [5.41, 5.74) is 0.448. The van der Waals surface area contributed by atoms with Crippen LogP contribution in [0.1, 0.15) is 73.1 Å². The van der Waals surface area contributed by atoms with Gasteiger partial charge in [0.25, 0.3) is 0 Å². The Kier molecular flexibility index (Phi) is 6.14. The molecule has 0 radical (unpaired) electrons. The average molecular weight is 295 g/mol. The van der Waals surface area contributed by atoms with E-state index >= 15 is 0 Å². The van der Waals surface area contributed by atoms with Gasteiger partial charge in [0.15, 0.2) is 0 Å². The molecule has 3 unspecified atom stereocenters. The van der Waals surface area contributed by atoms with Gasteiger partial charge in [-0.1, -0.05) is 47.5 Å². The molecule has 2 fully saturated rings. The number of nitrogens with one attached hydrogen (secondary N) is 1. The summed E-state index contributed by atoms with van der Waals surface area (Å²) >= 11 is 0. The number of hydrogen-bond acceptors (Lipinski definition) is 2. The van der Waals surface area contributed by atoms with Crippen molar-refractivity contribution in [3.05, 3.63) is 0 Å². The van der Waals surface area contributed by atoms with Crippen LogP contribution in [-0.2, 0) is 0 Å². The van der Waals surface area contributed by atoms with Gasteiger partial charge >= 0.3 is 0 Å². The maximum atomic E-state index is 3.71. The molecule has 2 rings (SSSR count). The second-order valence-electron chi connectivity index (χ2n) is 8.97. The van der Waals surface area contributed by atoms with Gasteiger partial charge in [0.1, 0.15) is 0 Å². The van der Waals surface area contributed by atoms with E-state index in [1.807, 2.05) is 0 Å². The molecule has 0 aromatic heterocycles. The van der Waals surface area contributed by atoms with Crippen molar-refractivity contribution < 1.29 is 0 Å². The monoisotopic (exact) mass is 294 g/mol. The molecule has 0 aromatic carbocycles. The van der Waals surface area contributed by atoms with E-state index in [1.165, 1.54) is 58.2 Å². The second-order valence-corrected chi connectivity index (χ2v) is 8.97. The molecule has 0 amide bonds. The highest BCUT2D eigenvalue weighted by atomic mass is 15.2. The summed E-state index contributed by atoms with van der Waals surface area (Å²) in [6.07, 6.45) is 8.47. The molecular formula is C19H38N2. The Morgan fingerprint density at radius 3 is 2.33 bits per heavy atom. The average Bonchev–Trinajstić information content (AvgIpc) is 2.89. The first kappa shape index (κ1) is 17.3. The molecule has 1 saturated carbocycles. The van der Waals surface area contributed by atoms with Crippen molar-refractivity contribution in [3.63, 3.8) is 0 Å². The summed E-state index contributed by atoms with van der Waals surface area (Å²) in [5, 5.41) is 3.71. The van der Waals surface area contributed by atoms with E-state index < -0.39 is 0 Å². The van der Waals surface area contributed by atoms with Gasteiger partial charge in [0, 0.05) is 25.2 Å². The highest BCUT2D eigenvalue weighted by molar-refractivity contribution is 4.92. The third-order valence-corrected chi connectivity index (χ3v) is 5.53. The zero-order valence-electron chi connectivity index (χ0n) is 15.1. The zero-order valence-corrected chi connectivity index (χ0v) is 15.1. The molecule has 0 aromatic rings. The number of nitrogens with zero attached hydrogens (tertiary/aromatic N) is 1. The second kappa shape index (κ2) is 7.46. The Morgan fingerprint density at radius 2 is 1.76 bits per heavy atom. The predicted octanol–water partition coefficient (Wildman–Crippen LogP) is 4.30. The minimum Gasteiger partial charge on any atom is -0.313 e. The molecule has 2 nitrogen and oxygen atoms in total. The maximum Gasteiger partial charge on any atom is 0.0195 e. The van der Waals surface area contributed by atoms with Crippen LogP contribution >= 0.6 is 0 Å². The molecule has 1 aliphatic carbocycles. The topological polar surface area (TPSA) is 15.3 Å². The molecule has 0 spiro atoms. The smallest absolute Gasteiger partial charge is 0.0195 e. The zero-order chi connectivity index (χ0) is 15.5. The summed E-state index contributed by atoms with van der Waals surface area (Å²) in [6, 6.07) is 1.55. The van der Waals surface area contributed by atoms with Crippen LogP contribution in [0.5, 0.6) is 0 Å². The van der Waals surface area contributed by atoms with Gasteiger partial charge in [-0.15, -0.1) is 0 Å². The summed E-state index contributed by atoms with van der Waals surface area (Å²) < 4.78 is 0. The van der Waals surface area contributed by atoms with Gasteiger partial charge < -0.3 is 5.32 Å². The summed E-state index contributed by atoms with van der Waals surface area (Å²) in [5.74, 6) is 1.64. The van der Waals surface area contributed by atoms with Gasteiger partial charge in [-0.3, -0.25) is 4.90 Å². The molecule has 0 bridgehead atoms. The van der Waals surface area contributed by atoms with Crippen molar-refractivity contribution in [1.29, 1.82) is 0 Å². The summed E-state index contributed by atoms with van der Waals surface area (Å²) in [4.78, 5) is 2.86. The van der Waals surface area contributed by atoms with E-state index in [-0.39, 0.29) is 0 Å². The van der Waals surface area contributed by atoms with Crippen LogP contribution in [0, 0.1) is 17.3 Å². The van der Waals surface area contributed by atoms with E-state index in [2.05, 4.69) is 44.8 Å². The standard InChI is InChI=1S/C19H38N2/c1-15(2)13-21(14-16-9-8-12-20-16)18-11-7-6-10-17(18)19(3,4)5/h15-18,20H,6-14H2,1-5H3. The van der Waals surface area contributed by atoms with Crippen LogP contribution in [0.4, 0.5) is 0 Å². The van der Waals surface area contributed by atoms with Crippen LogP contribution in [0.25, 0.3) is 0 Å². The molecule has 21 heavy (non-hydrogen) atoms. The van der Waals surface area contributed by atoms with Gasteiger partial charge in [-0.05, 0) is 49.5 Å². The van der Waals surface area contributed by atoms with E-state index in [4.69, 9.17) is 0 Å². The predicted molar refractivity (Wildman–Crippen MR) is 92.6 cm³/mol. The molecule has 3 atom stereocenters. The van der Waals surface area contributed by atoms with Gasteiger partial charge in [0.2, 0.25) is 0 Å². The van der Waals surface area contributed by atoms with Crippen LogP contribution in [0.15, 0.2) is 0 Å². The van der Waals surface area contributed by atoms with E-state index in [9.17, 15) is 0 Å². The summed E-state index contributed by atoms with van der Waals surface area (Å²) in [6.45, 7) is 15.9. The van der Waals surface area contributed by atoms with Crippen LogP contribution < -0.4 is 5.32 Å². The van der Waals surface area contributed by atoms with Crippen LogP contribution in [0.3, 0.4) is 0 Å². The van der Waals surface area contributed by atoms with Crippen LogP contribution in [0.2, 0.25) is 0 Å². The van der Waals surface area contributed by atoms with Crippen molar-refractivity contribution in [2.45, 2.75) is 85.2 Å². The normalized spacial score (nSPS) is 31.3. The van der Waals surface area contributed by atoms with E-state index in [1.54, 1.807) is 0 Å². The lowest BCUT2D eigenvalue weighted by molar-refractivity contribution is 0.0300. The molecule has 2 heteroatoms. The highest BCUT2D eigenvalue weighted by Crippen LogP contribution is 2.40. The molecule has 1 N–H and O–H groups in total. The Bertz CT molecular complexity index is 299. The van der Waals surface area contributed by atoms with Gasteiger partial charge in [-0.25, -0.2) is 0 Å². The first-order valence-corrected chi connectivity index (χ1v) is 9.35. The fraction of sp³-hybridized carbons (Fsp3) is 1.00. The van der Waals surface area contributed by atoms with Gasteiger partial charge in [0.05, 0.1) is 0 Å². The third kappa shape index (κ3) is 4.96. The largest absolute Gasteiger partial charge is 0.313 e. The SMILES string of the molecule is CC(C)CN(CC1CCCN1)C1CCCCC1C(C)(C)C. The molecule has 1 aliphatic heterocycles. The van der Waals surface area contributed by atoms with Crippen LogP contribution in [-0.4, -0.2) is 36.6 Å². The highest BCUT2D eigenvalue weighted by Gasteiger charge is 2.38. The Morgan fingerprint density at radius 1 is 1.05 bits per heavy atom. The molecular weight excluding hydrogens is 256 g/mol. The quantitative estimate of drug-likeness (QED) is 0.813. The maximum absolute atomic E-state index is 3.71. The first-order valence-electron chi connectivity index (χ1n) is 9.35. The lowest BCUT2D eigenvalue weighted by atomic mass is 9.69. The lowest BCUT2D eigenvalue weighted by Crippen LogP contribution is -2.51. The van der Waals surface area contributed by atoms with E-state index in [0.717, 1.165) is 23.9 Å². The Hall–Kier alpha value is -0.0800. The van der Waals surface area contributed by atoms with E-state index in [0.29, 0.717) is 5.41 Å². The third-order valence-electron chi connectivity index (χ3n) is 5.53. The fourth-order valence-corrected chi connectivity index (χ4v) is 4.57. The minimum atomic E-state index is 0.448. The van der Waals surface area contributed by atoms with Crippen molar-refractivity contribution in [2.75, 3.05) is 19.6 Å². The van der Waals surface area contributed by atoms with Crippen molar-refractivity contribution in [2.24, 2.45) is 17.3 Å². The molecule has 1 heterocycles. The van der Waals surface area contributed by atoms with Crippen molar-refractivity contribution >= 4 is 0 Å². The molecule has 2 aliphatic rings. The van der Waals surface area contributed by atoms with Crippen molar-refractivity contribution in [3.8, 4) is 0 Å². The first-order chi connectivity index (χ1) is 9.88. The van der Waals surface area contributed by atoms with Crippen molar-refractivity contribution in [1.82, 2.24) is 10.2 Å². The Labute approximate surface area is 133 Å².